The molecule has 1 aliphatic carbocycles. The maximum absolute atomic E-state index is 14.4. The van der Waals surface area contributed by atoms with Crippen LogP contribution in [0.4, 0.5) is 8.78 Å². The molecule has 5 rings (SSSR count). The Balaban J connectivity index is 1.58. The van der Waals surface area contributed by atoms with Crippen molar-refractivity contribution in [3.8, 4) is 22.8 Å². The Bertz CT molecular complexity index is 1320. The Hall–Kier alpha value is -3.66. The van der Waals surface area contributed by atoms with Crippen molar-refractivity contribution in [1.29, 1.82) is 0 Å². The van der Waals surface area contributed by atoms with Crippen LogP contribution < -0.4 is 0 Å². The van der Waals surface area contributed by atoms with E-state index in [1.54, 1.807) is 12.3 Å². The quantitative estimate of drug-likeness (QED) is 0.462. The molecule has 3 heterocycles. The number of fused-ring (bicyclic) bond motifs is 1. The number of halogens is 2. The first kappa shape index (κ1) is 22.1. The van der Waals surface area contributed by atoms with E-state index >= 15 is 0 Å². The Kier molecular flexibility index (Phi) is 5.82. The summed E-state index contributed by atoms with van der Waals surface area (Å²) in [6.45, 7) is 3.87. The van der Waals surface area contributed by atoms with E-state index in [-0.39, 0.29) is 41.5 Å². The molecule has 2 unspecified atom stereocenters. The molecule has 0 fully saturated rings. The number of hydrogen-bond acceptors (Lipinski definition) is 8. The zero-order valence-corrected chi connectivity index (χ0v) is 18.6. The third kappa shape index (κ3) is 3.94. The van der Waals surface area contributed by atoms with E-state index < -0.39 is 11.6 Å². The third-order valence-electron chi connectivity index (χ3n) is 6.20. The number of benzene rings is 1. The first-order valence-electron chi connectivity index (χ1n) is 11.0. The van der Waals surface area contributed by atoms with Crippen LogP contribution in [0, 0.1) is 17.6 Å². The lowest BCUT2D eigenvalue weighted by atomic mass is 9.74. The van der Waals surface area contributed by atoms with Crippen LogP contribution >= 0.6 is 0 Å². The van der Waals surface area contributed by atoms with Crippen molar-refractivity contribution in [2.75, 3.05) is 0 Å². The van der Waals surface area contributed by atoms with Crippen LogP contribution in [0.25, 0.3) is 22.8 Å². The Morgan fingerprint density at radius 3 is 2.53 bits per heavy atom. The summed E-state index contributed by atoms with van der Waals surface area (Å²) in [5, 5.41) is 25.5. The number of rotatable bonds is 5. The minimum atomic E-state index is -0.678. The van der Waals surface area contributed by atoms with Gasteiger partial charge in [-0.05, 0) is 48.4 Å². The first-order chi connectivity index (χ1) is 16.5. The largest absolute Gasteiger partial charge is 0.417 e. The van der Waals surface area contributed by atoms with Gasteiger partial charge in [0.15, 0.2) is 0 Å². The summed E-state index contributed by atoms with van der Waals surface area (Å²) in [5.74, 6) is -0.852. The van der Waals surface area contributed by atoms with E-state index in [0.717, 1.165) is 24.1 Å². The van der Waals surface area contributed by atoms with Crippen molar-refractivity contribution < 1.29 is 18.3 Å². The molecule has 0 aliphatic heterocycles. The number of aliphatic hydroxyl groups excluding tert-OH is 1. The normalized spacial score (nSPS) is 17.7. The van der Waals surface area contributed by atoms with Crippen molar-refractivity contribution in [2.45, 2.75) is 45.1 Å². The third-order valence-corrected chi connectivity index (χ3v) is 6.20. The van der Waals surface area contributed by atoms with E-state index in [1.807, 2.05) is 0 Å². The monoisotopic (exact) mass is 464 g/mol. The summed E-state index contributed by atoms with van der Waals surface area (Å²) in [6.07, 6.45) is 4.78. The molecule has 0 saturated heterocycles. The molecule has 1 aromatic carbocycles. The molecule has 0 saturated carbocycles. The average Bonchev–Trinajstić information content (AvgIpc) is 3.32. The molecule has 4 aromatic rings. The molecule has 1 aliphatic rings. The van der Waals surface area contributed by atoms with Crippen LogP contribution in [0.5, 0.6) is 0 Å². The van der Waals surface area contributed by atoms with E-state index in [0.29, 0.717) is 17.3 Å². The molecule has 0 bridgehead atoms. The molecule has 34 heavy (non-hydrogen) atoms. The van der Waals surface area contributed by atoms with Gasteiger partial charge in [0.05, 0.1) is 28.8 Å². The van der Waals surface area contributed by atoms with Crippen molar-refractivity contribution >= 4 is 0 Å². The average molecular weight is 464 g/mol. The van der Waals surface area contributed by atoms with Crippen molar-refractivity contribution in [1.82, 2.24) is 30.4 Å². The van der Waals surface area contributed by atoms with Crippen LogP contribution in [0.3, 0.4) is 0 Å². The van der Waals surface area contributed by atoms with Gasteiger partial charge in [0, 0.05) is 12.1 Å². The van der Waals surface area contributed by atoms with Crippen LogP contribution in [0.1, 0.15) is 61.4 Å². The molecule has 0 spiro atoms. The highest BCUT2D eigenvalue weighted by atomic mass is 19.1. The lowest BCUT2D eigenvalue weighted by Crippen LogP contribution is -2.22. The van der Waals surface area contributed by atoms with Gasteiger partial charge in [-0.2, -0.15) is 5.10 Å². The van der Waals surface area contributed by atoms with Crippen LogP contribution in [0.2, 0.25) is 0 Å². The molecule has 0 amide bonds. The smallest absolute Gasteiger partial charge is 0.267 e. The van der Waals surface area contributed by atoms with Crippen LogP contribution in [-0.4, -0.2) is 35.5 Å². The highest BCUT2D eigenvalue weighted by molar-refractivity contribution is 5.62. The molecule has 8 nitrogen and oxygen atoms in total. The van der Waals surface area contributed by atoms with Gasteiger partial charge in [0.1, 0.15) is 23.9 Å². The van der Waals surface area contributed by atoms with Gasteiger partial charge in [0.25, 0.3) is 5.89 Å². The summed E-state index contributed by atoms with van der Waals surface area (Å²) >= 11 is 0. The zero-order chi connectivity index (χ0) is 23.8. The van der Waals surface area contributed by atoms with Gasteiger partial charge >= 0.3 is 0 Å². The first-order valence-corrected chi connectivity index (χ1v) is 11.0. The molecular formula is C24H22F2N6O2. The lowest BCUT2D eigenvalue weighted by molar-refractivity contribution is 0.241. The SMILES string of the molecule is CC(C)C1CCC(c2cncc(-c3nnc(CO)o3)n2)c2nnc(-c3c(F)cccc3F)cc21. The summed E-state index contributed by atoms with van der Waals surface area (Å²) < 4.78 is 34.3. The topological polar surface area (TPSA) is 111 Å². The summed E-state index contributed by atoms with van der Waals surface area (Å²) in [6, 6.07) is 5.50. The van der Waals surface area contributed by atoms with Crippen molar-refractivity contribution in [2.24, 2.45) is 5.92 Å². The number of hydrogen-bond donors (Lipinski definition) is 1. The molecule has 0 radical (unpaired) electrons. The van der Waals surface area contributed by atoms with E-state index in [4.69, 9.17) is 4.42 Å². The Morgan fingerprint density at radius 2 is 1.82 bits per heavy atom. The zero-order valence-electron chi connectivity index (χ0n) is 18.6. The van der Waals surface area contributed by atoms with Gasteiger partial charge < -0.3 is 9.52 Å². The van der Waals surface area contributed by atoms with Crippen molar-refractivity contribution in [3.63, 3.8) is 0 Å². The van der Waals surface area contributed by atoms with Gasteiger partial charge in [0.2, 0.25) is 5.89 Å². The maximum Gasteiger partial charge on any atom is 0.267 e. The highest BCUT2D eigenvalue weighted by Crippen LogP contribution is 2.44. The molecule has 2 atom stereocenters. The summed E-state index contributed by atoms with van der Waals surface area (Å²) in [7, 11) is 0. The molecule has 10 heteroatoms. The highest BCUT2D eigenvalue weighted by Gasteiger charge is 2.33. The fourth-order valence-electron chi connectivity index (χ4n) is 4.54. The molecule has 1 N–H and O–H groups in total. The number of aliphatic hydroxyl groups is 1. The number of nitrogens with zero attached hydrogens (tertiary/aromatic N) is 6. The van der Waals surface area contributed by atoms with Gasteiger partial charge in [-0.15, -0.1) is 15.3 Å². The minimum Gasteiger partial charge on any atom is -0.417 e. The fourth-order valence-corrected chi connectivity index (χ4v) is 4.54. The van der Waals surface area contributed by atoms with E-state index in [1.165, 1.54) is 24.4 Å². The number of aromatic nitrogens is 6. The molecular weight excluding hydrogens is 442 g/mol. The fraction of sp³-hybridized carbons (Fsp3) is 0.333. The lowest BCUT2D eigenvalue weighted by Gasteiger charge is -2.32. The van der Waals surface area contributed by atoms with Gasteiger partial charge in [-0.1, -0.05) is 19.9 Å². The maximum atomic E-state index is 14.4. The van der Waals surface area contributed by atoms with Crippen LogP contribution in [0.15, 0.2) is 41.1 Å². The minimum absolute atomic E-state index is 0.0868. The van der Waals surface area contributed by atoms with E-state index in [2.05, 4.69) is 44.2 Å². The predicted molar refractivity (Wildman–Crippen MR) is 117 cm³/mol. The van der Waals surface area contributed by atoms with Gasteiger partial charge in [-0.3, -0.25) is 4.98 Å². The second-order valence-corrected chi connectivity index (χ2v) is 8.64. The molecule has 3 aromatic heterocycles. The van der Waals surface area contributed by atoms with Gasteiger partial charge in [-0.25, -0.2) is 13.8 Å². The van der Waals surface area contributed by atoms with Crippen molar-refractivity contribution in [3.05, 3.63) is 71.1 Å². The molecule has 174 valence electrons. The predicted octanol–water partition coefficient (Wildman–Crippen LogP) is 4.42. The second-order valence-electron chi connectivity index (χ2n) is 8.64. The second kappa shape index (κ2) is 8.94. The Morgan fingerprint density at radius 1 is 1.03 bits per heavy atom. The standard InChI is InChI=1S/C24H22F2N6O2/c1-12(2)13-6-7-14(19-9-27-10-20(28-19)24-32-30-21(11-33)34-24)23-15(13)8-18(29-31-23)22-16(25)4-3-5-17(22)26/h3-5,8-10,12-14,33H,6-7,11H2,1-2H3. The van der Waals surface area contributed by atoms with Crippen LogP contribution in [-0.2, 0) is 6.61 Å². The van der Waals surface area contributed by atoms with E-state index in [9.17, 15) is 13.9 Å². The summed E-state index contributed by atoms with van der Waals surface area (Å²) in [5.41, 5.74) is 2.66. The summed E-state index contributed by atoms with van der Waals surface area (Å²) in [4.78, 5) is 8.95. The Labute approximate surface area is 194 Å².